The summed E-state index contributed by atoms with van der Waals surface area (Å²) in [6.07, 6.45) is 2.18. The van der Waals surface area contributed by atoms with Crippen molar-refractivity contribution in [3.63, 3.8) is 0 Å². The zero-order chi connectivity index (χ0) is 13.8. The Balaban J connectivity index is 2.37. The molecule has 1 atom stereocenters. The van der Waals surface area contributed by atoms with Gasteiger partial charge < -0.3 is 10.1 Å². The summed E-state index contributed by atoms with van der Waals surface area (Å²) in [6.45, 7) is 2.01. The van der Waals surface area contributed by atoms with E-state index in [9.17, 15) is 18.0 Å². The fourth-order valence-corrected chi connectivity index (χ4v) is 3.06. The Morgan fingerprint density at radius 1 is 1.39 bits per heavy atom. The highest BCUT2D eigenvalue weighted by molar-refractivity contribution is 7.92. The molecule has 6 nitrogen and oxygen atoms in total. The molecule has 0 bridgehead atoms. The third-order valence-electron chi connectivity index (χ3n) is 2.74. The number of amides is 1. The Bertz CT molecular complexity index is 413. The molecule has 0 spiro atoms. The molecule has 1 rings (SSSR count). The van der Waals surface area contributed by atoms with Crippen molar-refractivity contribution < 1.29 is 22.7 Å². The molecule has 1 aliphatic rings. The average Bonchev–Trinajstić information content (AvgIpc) is 3.07. The molecule has 0 aromatic rings. The Morgan fingerprint density at radius 3 is 2.50 bits per heavy atom. The van der Waals surface area contributed by atoms with Gasteiger partial charge in [-0.3, -0.25) is 9.59 Å². The van der Waals surface area contributed by atoms with Crippen molar-refractivity contribution >= 4 is 21.7 Å². The minimum atomic E-state index is -3.58. The molecule has 18 heavy (non-hydrogen) atoms. The lowest BCUT2D eigenvalue weighted by molar-refractivity contribution is -0.144. The second kappa shape index (κ2) is 6.17. The van der Waals surface area contributed by atoms with Crippen molar-refractivity contribution in [3.8, 4) is 0 Å². The molecule has 1 aliphatic carbocycles. The molecule has 1 fully saturated rings. The van der Waals surface area contributed by atoms with E-state index in [0.29, 0.717) is 12.5 Å². The van der Waals surface area contributed by atoms with Crippen LogP contribution < -0.4 is 5.32 Å². The van der Waals surface area contributed by atoms with Crippen molar-refractivity contribution in [2.24, 2.45) is 11.8 Å². The lowest BCUT2D eigenvalue weighted by Gasteiger charge is -2.10. The Labute approximate surface area is 107 Å². The van der Waals surface area contributed by atoms with Crippen LogP contribution in [0, 0.1) is 11.8 Å². The van der Waals surface area contributed by atoms with Crippen molar-refractivity contribution in [3.05, 3.63) is 0 Å². The molecular weight excluding hydrogens is 258 g/mol. The van der Waals surface area contributed by atoms with E-state index >= 15 is 0 Å². The summed E-state index contributed by atoms with van der Waals surface area (Å²) in [6, 6.07) is 0. The summed E-state index contributed by atoms with van der Waals surface area (Å²) in [7, 11) is -2.37. The summed E-state index contributed by atoms with van der Waals surface area (Å²) in [5, 5.41) is 2.58. The lowest BCUT2D eigenvalue weighted by Crippen LogP contribution is -2.34. The van der Waals surface area contributed by atoms with E-state index < -0.39 is 33.4 Å². The van der Waals surface area contributed by atoms with Crippen LogP contribution in [-0.2, 0) is 24.2 Å². The van der Waals surface area contributed by atoms with Crippen molar-refractivity contribution in [1.29, 1.82) is 0 Å². The number of ether oxygens (including phenoxy) is 1. The molecule has 7 heteroatoms. The molecule has 0 aliphatic heterocycles. The number of carbonyl (C=O) groups is 2. The van der Waals surface area contributed by atoms with Crippen LogP contribution in [0.3, 0.4) is 0 Å². The zero-order valence-electron chi connectivity index (χ0n) is 10.6. The molecular formula is C11H19NO5S. The van der Waals surface area contributed by atoms with Gasteiger partial charge in [0.2, 0.25) is 5.91 Å². The van der Waals surface area contributed by atoms with Crippen LogP contribution in [0.15, 0.2) is 0 Å². The van der Waals surface area contributed by atoms with Gasteiger partial charge in [-0.15, -0.1) is 0 Å². The number of sulfone groups is 1. The topological polar surface area (TPSA) is 89.5 Å². The first kappa shape index (κ1) is 14.9. The number of hydrogen-bond acceptors (Lipinski definition) is 5. The first-order valence-electron chi connectivity index (χ1n) is 5.89. The molecule has 104 valence electrons. The maximum absolute atomic E-state index is 11.7. The van der Waals surface area contributed by atoms with Gasteiger partial charge in [-0.25, -0.2) is 8.42 Å². The van der Waals surface area contributed by atoms with Crippen molar-refractivity contribution in [1.82, 2.24) is 5.32 Å². The van der Waals surface area contributed by atoms with Crippen LogP contribution in [0.25, 0.3) is 0 Å². The van der Waals surface area contributed by atoms with Crippen LogP contribution in [0.2, 0.25) is 0 Å². The highest BCUT2D eigenvalue weighted by Gasteiger charge is 2.26. The SMILES string of the molecule is COC(=O)C(C)CS(=O)(=O)CC(=O)NCC1CC1. The van der Waals surface area contributed by atoms with Gasteiger partial charge in [-0.2, -0.15) is 0 Å². The van der Waals surface area contributed by atoms with Crippen LogP contribution in [0.1, 0.15) is 19.8 Å². The molecule has 1 saturated carbocycles. The maximum atomic E-state index is 11.7. The summed E-state index contributed by atoms with van der Waals surface area (Å²) < 4.78 is 27.8. The lowest BCUT2D eigenvalue weighted by atomic mass is 10.2. The summed E-state index contributed by atoms with van der Waals surface area (Å²) in [5.74, 6) is -2.27. The Morgan fingerprint density at radius 2 is 2.00 bits per heavy atom. The van der Waals surface area contributed by atoms with Gasteiger partial charge in [0, 0.05) is 6.54 Å². The highest BCUT2D eigenvalue weighted by Crippen LogP contribution is 2.27. The van der Waals surface area contributed by atoms with Gasteiger partial charge in [0.15, 0.2) is 9.84 Å². The normalized spacial score (nSPS) is 17.0. The van der Waals surface area contributed by atoms with Crippen LogP contribution in [0.4, 0.5) is 0 Å². The molecule has 1 amide bonds. The van der Waals surface area contributed by atoms with Gasteiger partial charge in [-0.05, 0) is 18.8 Å². The first-order valence-corrected chi connectivity index (χ1v) is 7.71. The maximum Gasteiger partial charge on any atom is 0.309 e. The molecule has 0 aromatic carbocycles. The average molecular weight is 277 g/mol. The highest BCUT2D eigenvalue weighted by atomic mass is 32.2. The third-order valence-corrected chi connectivity index (χ3v) is 4.45. The molecule has 1 N–H and O–H groups in total. The number of methoxy groups -OCH3 is 1. The van der Waals surface area contributed by atoms with Crippen LogP contribution in [0.5, 0.6) is 0 Å². The van der Waals surface area contributed by atoms with E-state index in [1.54, 1.807) is 0 Å². The second-order valence-corrected chi connectivity index (χ2v) is 6.84. The minimum absolute atomic E-state index is 0.365. The first-order chi connectivity index (χ1) is 8.34. The second-order valence-electron chi connectivity index (χ2n) is 4.73. The molecule has 0 radical (unpaired) electrons. The fourth-order valence-electron chi connectivity index (χ4n) is 1.54. The van der Waals surface area contributed by atoms with Crippen molar-refractivity contribution in [2.45, 2.75) is 19.8 Å². The van der Waals surface area contributed by atoms with E-state index in [4.69, 9.17) is 0 Å². The summed E-state index contributed by atoms with van der Waals surface area (Å²) in [5.41, 5.74) is 0. The number of rotatable bonds is 7. The molecule has 1 unspecified atom stereocenters. The quantitative estimate of drug-likeness (QED) is 0.647. The Kier molecular flexibility index (Phi) is 5.13. The fraction of sp³-hybridized carbons (Fsp3) is 0.818. The largest absolute Gasteiger partial charge is 0.469 e. The van der Waals surface area contributed by atoms with Gasteiger partial charge in [0.1, 0.15) is 5.75 Å². The predicted octanol–water partition coefficient (Wildman–Crippen LogP) is -0.263. The van der Waals surface area contributed by atoms with Gasteiger partial charge in [0.25, 0.3) is 0 Å². The van der Waals surface area contributed by atoms with Crippen LogP contribution >= 0.6 is 0 Å². The zero-order valence-corrected chi connectivity index (χ0v) is 11.5. The molecule has 0 aromatic heterocycles. The van der Waals surface area contributed by atoms with Gasteiger partial charge in [0.05, 0.1) is 18.8 Å². The summed E-state index contributed by atoms with van der Waals surface area (Å²) in [4.78, 5) is 22.5. The smallest absolute Gasteiger partial charge is 0.309 e. The molecule has 0 saturated heterocycles. The number of hydrogen-bond donors (Lipinski definition) is 1. The van der Waals surface area contributed by atoms with E-state index in [2.05, 4.69) is 10.1 Å². The number of nitrogens with one attached hydrogen (secondary N) is 1. The molecule has 0 heterocycles. The summed E-state index contributed by atoms with van der Waals surface area (Å²) >= 11 is 0. The van der Waals surface area contributed by atoms with Crippen molar-refractivity contribution in [2.75, 3.05) is 25.2 Å². The number of carbonyl (C=O) groups excluding carboxylic acids is 2. The Hall–Kier alpha value is -1.11. The van der Waals surface area contributed by atoms with E-state index in [1.807, 2.05) is 0 Å². The standard InChI is InChI=1S/C11H19NO5S/c1-8(11(14)17-2)6-18(15,16)7-10(13)12-5-9-3-4-9/h8-9H,3-7H2,1-2H3,(H,12,13). The van der Waals surface area contributed by atoms with Gasteiger partial charge >= 0.3 is 5.97 Å². The van der Waals surface area contributed by atoms with E-state index in [-0.39, 0.29) is 5.75 Å². The monoisotopic (exact) mass is 277 g/mol. The van der Waals surface area contributed by atoms with E-state index in [1.165, 1.54) is 14.0 Å². The number of esters is 1. The van der Waals surface area contributed by atoms with E-state index in [0.717, 1.165) is 12.8 Å². The predicted molar refractivity (Wildman–Crippen MR) is 65.6 cm³/mol. The third kappa shape index (κ3) is 5.48. The van der Waals surface area contributed by atoms with Gasteiger partial charge in [-0.1, -0.05) is 6.92 Å². The minimum Gasteiger partial charge on any atom is -0.469 e. The van der Waals surface area contributed by atoms with Crippen LogP contribution in [-0.4, -0.2) is 45.5 Å².